The number of rotatable bonds is 10. The molecular formula is C13H21N3O4S. The molecule has 0 atom stereocenters. The number of carbonyl (C=O) groups is 1. The summed E-state index contributed by atoms with van der Waals surface area (Å²) in [4.78, 5) is 15.1. The number of pyridine rings is 1. The molecule has 0 fully saturated rings. The van der Waals surface area contributed by atoms with E-state index in [1.165, 1.54) is 0 Å². The van der Waals surface area contributed by atoms with E-state index in [1.54, 1.807) is 19.3 Å². The summed E-state index contributed by atoms with van der Waals surface area (Å²) in [7, 11) is -3.60. The summed E-state index contributed by atoms with van der Waals surface area (Å²) >= 11 is 0. The van der Waals surface area contributed by atoms with Crippen LogP contribution in [0.2, 0.25) is 0 Å². The number of esters is 1. The van der Waals surface area contributed by atoms with E-state index in [2.05, 4.69) is 19.8 Å². The van der Waals surface area contributed by atoms with E-state index in [0.717, 1.165) is 5.56 Å². The average molecular weight is 315 g/mol. The van der Waals surface area contributed by atoms with Gasteiger partial charge in [0.2, 0.25) is 10.0 Å². The molecule has 0 unspecified atom stereocenters. The minimum Gasteiger partial charge on any atom is -0.465 e. The molecule has 0 aromatic carbocycles. The SMILES string of the molecule is CCOC(=O)CS(=O)(=O)NCCCNCc1cccnc1. The van der Waals surface area contributed by atoms with E-state index in [0.29, 0.717) is 19.5 Å². The largest absolute Gasteiger partial charge is 0.465 e. The first-order chi connectivity index (χ1) is 10.0. The molecule has 1 rings (SSSR count). The van der Waals surface area contributed by atoms with Crippen LogP contribution >= 0.6 is 0 Å². The third-order valence-corrected chi connectivity index (χ3v) is 3.78. The predicted molar refractivity (Wildman–Crippen MR) is 79.0 cm³/mol. The van der Waals surface area contributed by atoms with Gasteiger partial charge in [-0.2, -0.15) is 0 Å². The number of hydrogen-bond acceptors (Lipinski definition) is 6. The minimum atomic E-state index is -3.60. The number of aromatic nitrogens is 1. The summed E-state index contributed by atoms with van der Waals surface area (Å²) in [6.07, 6.45) is 4.11. The Morgan fingerprint density at radius 1 is 1.38 bits per heavy atom. The van der Waals surface area contributed by atoms with E-state index in [-0.39, 0.29) is 13.2 Å². The zero-order chi connectivity index (χ0) is 15.6. The fourth-order valence-corrected chi connectivity index (χ4v) is 2.54. The predicted octanol–water partition coefficient (Wildman–Crippen LogP) is 0.0438. The molecule has 0 spiro atoms. The molecule has 21 heavy (non-hydrogen) atoms. The molecule has 1 aromatic heterocycles. The van der Waals surface area contributed by atoms with Crippen LogP contribution in [0.4, 0.5) is 0 Å². The summed E-state index contributed by atoms with van der Waals surface area (Å²) in [5.41, 5.74) is 1.07. The Balaban J connectivity index is 2.12. The molecule has 118 valence electrons. The molecule has 1 heterocycles. The molecule has 2 N–H and O–H groups in total. The van der Waals surface area contributed by atoms with Gasteiger partial charge >= 0.3 is 5.97 Å². The fraction of sp³-hybridized carbons (Fsp3) is 0.538. The average Bonchev–Trinajstić information content (AvgIpc) is 2.43. The molecule has 0 radical (unpaired) electrons. The van der Waals surface area contributed by atoms with Gasteiger partial charge in [-0.15, -0.1) is 0 Å². The topological polar surface area (TPSA) is 97.4 Å². The van der Waals surface area contributed by atoms with E-state index in [4.69, 9.17) is 0 Å². The van der Waals surface area contributed by atoms with Crippen LogP contribution in [0.3, 0.4) is 0 Å². The quantitative estimate of drug-likeness (QED) is 0.467. The highest BCUT2D eigenvalue weighted by atomic mass is 32.2. The van der Waals surface area contributed by atoms with Crippen LogP contribution in [0.1, 0.15) is 18.9 Å². The molecule has 8 heteroatoms. The maximum Gasteiger partial charge on any atom is 0.322 e. The van der Waals surface area contributed by atoms with Gasteiger partial charge < -0.3 is 10.1 Å². The maximum atomic E-state index is 11.5. The smallest absolute Gasteiger partial charge is 0.322 e. The van der Waals surface area contributed by atoms with Gasteiger partial charge in [0.15, 0.2) is 5.75 Å². The van der Waals surface area contributed by atoms with Crippen molar-refractivity contribution >= 4 is 16.0 Å². The van der Waals surface area contributed by atoms with Gasteiger partial charge in [-0.3, -0.25) is 9.78 Å². The van der Waals surface area contributed by atoms with Gasteiger partial charge in [0.05, 0.1) is 6.61 Å². The third-order valence-electron chi connectivity index (χ3n) is 2.52. The van der Waals surface area contributed by atoms with E-state index in [9.17, 15) is 13.2 Å². The molecule has 0 saturated carbocycles. The number of carbonyl (C=O) groups excluding carboxylic acids is 1. The molecule has 7 nitrogen and oxygen atoms in total. The number of ether oxygens (including phenoxy) is 1. The second kappa shape index (κ2) is 9.43. The lowest BCUT2D eigenvalue weighted by molar-refractivity contribution is -0.139. The monoisotopic (exact) mass is 315 g/mol. The minimum absolute atomic E-state index is 0.173. The van der Waals surface area contributed by atoms with Crippen LogP contribution < -0.4 is 10.0 Å². The lowest BCUT2D eigenvalue weighted by Gasteiger charge is -2.07. The van der Waals surface area contributed by atoms with Crippen molar-refractivity contribution in [3.05, 3.63) is 30.1 Å². The first-order valence-electron chi connectivity index (χ1n) is 6.76. The zero-order valence-electron chi connectivity index (χ0n) is 12.0. The first-order valence-corrected chi connectivity index (χ1v) is 8.41. The van der Waals surface area contributed by atoms with E-state index >= 15 is 0 Å². The number of sulfonamides is 1. The van der Waals surface area contributed by atoms with Crippen LogP contribution in [0.5, 0.6) is 0 Å². The first kappa shape index (κ1) is 17.5. The molecule has 0 saturated heterocycles. The van der Waals surface area contributed by atoms with Crippen molar-refractivity contribution in [1.29, 1.82) is 0 Å². The van der Waals surface area contributed by atoms with Gasteiger partial charge in [0, 0.05) is 25.5 Å². The zero-order valence-corrected chi connectivity index (χ0v) is 12.9. The second-order valence-corrected chi connectivity index (χ2v) is 6.16. The van der Waals surface area contributed by atoms with Crippen LogP contribution in [0, 0.1) is 0 Å². The number of nitrogens with zero attached hydrogens (tertiary/aromatic N) is 1. The summed E-state index contributed by atoms with van der Waals surface area (Å²) in [6.45, 7) is 3.43. The van der Waals surface area contributed by atoms with Crippen LogP contribution in [0.15, 0.2) is 24.5 Å². The third kappa shape index (κ3) is 8.38. The maximum absolute atomic E-state index is 11.5. The summed E-state index contributed by atoms with van der Waals surface area (Å²) in [5.74, 6) is -1.37. The lowest BCUT2D eigenvalue weighted by atomic mass is 10.3. The highest BCUT2D eigenvalue weighted by Crippen LogP contribution is 1.94. The highest BCUT2D eigenvalue weighted by Gasteiger charge is 2.16. The Kier molecular flexibility index (Phi) is 7.88. The van der Waals surface area contributed by atoms with Gasteiger partial charge in [-0.05, 0) is 31.5 Å². The highest BCUT2D eigenvalue weighted by molar-refractivity contribution is 7.90. The van der Waals surface area contributed by atoms with Crippen molar-refractivity contribution in [1.82, 2.24) is 15.0 Å². The molecule has 0 amide bonds. The summed E-state index contributed by atoms with van der Waals surface area (Å²) < 4.78 is 30.0. The summed E-state index contributed by atoms with van der Waals surface area (Å²) in [6, 6.07) is 3.82. The lowest BCUT2D eigenvalue weighted by Crippen LogP contribution is -2.32. The van der Waals surface area contributed by atoms with E-state index in [1.807, 2.05) is 12.1 Å². The van der Waals surface area contributed by atoms with Crippen molar-refractivity contribution < 1.29 is 17.9 Å². The van der Waals surface area contributed by atoms with Crippen LogP contribution in [0.25, 0.3) is 0 Å². The van der Waals surface area contributed by atoms with E-state index < -0.39 is 21.7 Å². The van der Waals surface area contributed by atoms with Crippen molar-refractivity contribution in [2.45, 2.75) is 19.9 Å². The Labute approximate surface area is 125 Å². The molecule has 1 aromatic rings. The Bertz CT molecular complexity index is 519. The van der Waals surface area contributed by atoms with Gasteiger partial charge in [-0.25, -0.2) is 13.1 Å². The van der Waals surface area contributed by atoms with Crippen molar-refractivity contribution in [3.8, 4) is 0 Å². The van der Waals surface area contributed by atoms with Crippen LogP contribution in [-0.2, 0) is 26.1 Å². The summed E-state index contributed by atoms with van der Waals surface area (Å²) in [5, 5.41) is 3.18. The Hall–Kier alpha value is -1.51. The second-order valence-electron chi connectivity index (χ2n) is 4.35. The Morgan fingerprint density at radius 3 is 2.86 bits per heavy atom. The Morgan fingerprint density at radius 2 is 2.19 bits per heavy atom. The number of hydrogen-bond donors (Lipinski definition) is 2. The molecule has 0 bridgehead atoms. The van der Waals surface area contributed by atoms with Gasteiger partial charge in [0.25, 0.3) is 0 Å². The van der Waals surface area contributed by atoms with Gasteiger partial charge in [-0.1, -0.05) is 6.07 Å². The molecule has 0 aliphatic heterocycles. The van der Waals surface area contributed by atoms with Crippen molar-refractivity contribution in [3.63, 3.8) is 0 Å². The normalized spacial score (nSPS) is 11.3. The fourth-order valence-electron chi connectivity index (χ4n) is 1.59. The standard InChI is InChI=1S/C13H21N3O4S/c1-2-20-13(17)11-21(18,19)16-8-4-7-15-10-12-5-3-6-14-9-12/h3,5-6,9,15-16H,2,4,7-8,10-11H2,1H3. The van der Waals surface area contributed by atoms with Gasteiger partial charge in [0.1, 0.15) is 0 Å². The molecular weight excluding hydrogens is 294 g/mol. The van der Waals surface area contributed by atoms with Crippen LogP contribution in [-0.4, -0.2) is 44.8 Å². The molecule has 0 aliphatic carbocycles. The van der Waals surface area contributed by atoms with Crippen molar-refractivity contribution in [2.75, 3.05) is 25.4 Å². The number of nitrogens with one attached hydrogen (secondary N) is 2. The van der Waals surface area contributed by atoms with Crippen molar-refractivity contribution in [2.24, 2.45) is 0 Å². The molecule has 0 aliphatic rings.